The van der Waals surface area contributed by atoms with E-state index >= 15 is 0 Å². The van der Waals surface area contributed by atoms with Gasteiger partial charge in [0.2, 0.25) is 17.7 Å². The standard InChI is InChI=1S/C50H77F2N7O6/c1-5-29-62-31-33-64-35-36-65-34-32-63-30-28-56-26-24-55(25-27-56)21-9-12-48(60)57-22-18-47-46(38-57)53-41(4)59(47)40(3)37-44-14-13-39(2)58(44)23-17-45(42-10-7-6-8-11-42)54-49(61)43-15-19-50(51,52)20-16-43/h1,6-8,10-11,39-40,43-45H,9,12-38H2,2-4H3,(H,54,61). The average molecular weight is 910 g/mol. The van der Waals surface area contributed by atoms with Crippen molar-refractivity contribution in [1.82, 2.24) is 34.5 Å². The molecule has 4 atom stereocenters. The number of nitrogens with one attached hydrogen (secondary N) is 1. The number of aromatic nitrogens is 2. The van der Waals surface area contributed by atoms with Gasteiger partial charge in [0.15, 0.2) is 0 Å². The summed E-state index contributed by atoms with van der Waals surface area (Å²) < 4.78 is 52.1. The number of likely N-dealkylation sites (tertiary alicyclic amines) is 1. The van der Waals surface area contributed by atoms with E-state index in [0.29, 0.717) is 77.9 Å². The Kier molecular flexibility index (Phi) is 20.5. The fourth-order valence-corrected chi connectivity index (χ4v) is 10.3. The third kappa shape index (κ3) is 15.8. The van der Waals surface area contributed by atoms with E-state index in [2.05, 4.69) is 63.4 Å². The van der Waals surface area contributed by atoms with Gasteiger partial charge in [0, 0.05) is 101 Å². The predicted molar refractivity (Wildman–Crippen MR) is 248 cm³/mol. The maximum atomic E-state index is 13.9. The van der Waals surface area contributed by atoms with E-state index in [0.717, 1.165) is 108 Å². The topological polar surface area (TPSA) is 114 Å². The van der Waals surface area contributed by atoms with Crippen molar-refractivity contribution in [1.29, 1.82) is 0 Å². The van der Waals surface area contributed by atoms with Crippen LogP contribution in [0.5, 0.6) is 0 Å². The summed E-state index contributed by atoms with van der Waals surface area (Å²) in [5.41, 5.74) is 3.35. The van der Waals surface area contributed by atoms with Crippen LogP contribution in [0.1, 0.15) is 113 Å². The lowest BCUT2D eigenvalue weighted by Gasteiger charge is -2.35. The van der Waals surface area contributed by atoms with Crippen LogP contribution in [0.3, 0.4) is 0 Å². The van der Waals surface area contributed by atoms with E-state index in [4.69, 9.17) is 30.4 Å². The number of aryl methyl sites for hydroxylation is 1. The normalized spacial score (nSPS) is 21.8. The molecule has 4 unspecified atom stereocenters. The van der Waals surface area contributed by atoms with Gasteiger partial charge in [-0.3, -0.25) is 19.4 Å². The van der Waals surface area contributed by atoms with Crippen LogP contribution in [0.4, 0.5) is 8.78 Å². The van der Waals surface area contributed by atoms with Crippen LogP contribution >= 0.6 is 0 Å². The van der Waals surface area contributed by atoms with E-state index in [1.165, 1.54) is 5.69 Å². The number of amides is 2. The zero-order valence-corrected chi connectivity index (χ0v) is 39.5. The van der Waals surface area contributed by atoms with Crippen molar-refractivity contribution in [2.45, 2.75) is 128 Å². The van der Waals surface area contributed by atoms with Crippen LogP contribution < -0.4 is 5.32 Å². The number of terminal acetylenes is 1. The molecule has 3 fully saturated rings. The van der Waals surface area contributed by atoms with Gasteiger partial charge in [-0.1, -0.05) is 36.3 Å². The van der Waals surface area contributed by atoms with E-state index in [9.17, 15) is 18.4 Å². The van der Waals surface area contributed by atoms with Gasteiger partial charge in [0.05, 0.1) is 64.5 Å². The second-order valence-electron chi connectivity index (χ2n) is 18.7. The highest BCUT2D eigenvalue weighted by molar-refractivity contribution is 5.79. The lowest BCUT2D eigenvalue weighted by Crippen LogP contribution is -2.47. The molecule has 1 N–H and O–H groups in total. The number of alkyl halides is 2. The molecular formula is C50H77F2N7O6. The lowest BCUT2D eigenvalue weighted by molar-refractivity contribution is -0.132. The molecule has 0 spiro atoms. The first kappa shape index (κ1) is 50.9. The van der Waals surface area contributed by atoms with Crippen molar-refractivity contribution in [3.8, 4) is 12.3 Å². The summed E-state index contributed by atoms with van der Waals surface area (Å²) in [5, 5.41) is 3.28. The highest BCUT2D eigenvalue weighted by Crippen LogP contribution is 2.37. The van der Waals surface area contributed by atoms with Gasteiger partial charge in [-0.2, -0.15) is 0 Å². The number of imidazole rings is 1. The van der Waals surface area contributed by atoms with E-state index < -0.39 is 5.92 Å². The average Bonchev–Trinajstić information content (AvgIpc) is 3.83. The maximum absolute atomic E-state index is 13.9. The number of carbonyl (C=O) groups excluding carboxylic acids is 2. The highest BCUT2D eigenvalue weighted by Gasteiger charge is 2.39. The van der Waals surface area contributed by atoms with Crippen LogP contribution in [0.15, 0.2) is 30.3 Å². The van der Waals surface area contributed by atoms with E-state index in [-0.39, 0.29) is 55.5 Å². The summed E-state index contributed by atoms with van der Waals surface area (Å²) in [7, 11) is 0. The summed E-state index contributed by atoms with van der Waals surface area (Å²) >= 11 is 0. The Morgan fingerprint density at radius 3 is 2.20 bits per heavy atom. The Balaban J connectivity index is 0.877. The van der Waals surface area contributed by atoms with E-state index in [1.54, 1.807) is 0 Å². The Morgan fingerprint density at radius 2 is 1.52 bits per heavy atom. The summed E-state index contributed by atoms with van der Waals surface area (Å²) in [6.45, 7) is 18.9. The molecule has 65 heavy (non-hydrogen) atoms. The van der Waals surface area contributed by atoms with Crippen LogP contribution in [-0.2, 0) is 41.5 Å². The Hall–Kier alpha value is -3.49. The second kappa shape index (κ2) is 26.2. The minimum absolute atomic E-state index is 0.101. The van der Waals surface area contributed by atoms with Crippen LogP contribution in [-0.4, -0.2) is 164 Å². The van der Waals surface area contributed by atoms with Crippen molar-refractivity contribution in [3.05, 3.63) is 53.1 Å². The molecule has 2 amide bonds. The third-order valence-corrected chi connectivity index (χ3v) is 14.1. The van der Waals surface area contributed by atoms with Crippen molar-refractivity contribution < 1.29 is 37.3 Å². The number of fused-ring (bicyclic) bond motifs is 1. The molecule has 1 aromatic heterocycles. The van der Waals surface area contributed by atoms with Gasteiger partial charge in [-0.15, -0.1) is 6.42 Å². The fraction of sp³-hybridized carbons (Fsp3) is 0.740. The third-order valence-electron chi connectivity index (χ3n) is 14.1. The fourth-order valence-electron chi connectivity index (χ4n) is 10.3. The van der Waals surface area contributed by atoms with Gasteiger partial charge in [-0.25, -0.2) is 13.8 Å². The molecule has 362 valence electrons. The minimum atomic E-state index is -2.66. The van der Waals surface area contributed by atoms with Crippen LogP contribution in [0.25, 0.3) is 0 Å². The molecule has 0 bridgehead atoms. The second-order valence-corrected chi connectivity index (χ2v) is 18.7. The predicted octanol–water partition coefficient (Wildman–Crippen LogP) is 6.05. The Morgan fingerprint density at radius 1 is 0.877 bits per heavy atom. The monoisotopic (exact) mass is 910 g/mol. The quantitative estimate of drug-likeness (QED) is 0.0885. The number of rotatable bonds is 26. The molecule has 1 aromatic carbocycles. The maximum Gasteiger partial charge on any atom is 0.248 e. The smallest absolute Gasteiger partial charge is 0.248 e. The summed E-state index contributed by atoms with van der Waals surface area (Å²) in [4.78, 5) is 41.4. The van der Waals surface area contributed by atoms with Gasteiger partial charge < -0.3 is 38.6 Å². The van der Waals surface area contributed by atoms with Crippen molar-refractivity contribution >= 4 is 11.8 Å². The van der Waals surface area contributed by atoms with Gasteiger partial charge in [0.1, 0.15) is 12.4 Å². The Labute approximate surface area is 387 Å². The van der Waals surface area contributed by atoms with Gasteiger partial charge in [-0.05, 0) is 77.8 Å². The number of nitrogens with zero attached hydrogens (tertiary/aromatic N) is 6. The molecular weight excluding hydrogens is 833 g/mol. The lowest BCUT2D eigenvalue weighted by atomic mass is 9.86. The van der Waals surface area contributed by atoms with Crippen molar-refractivity contribution in [2.75, 3.05) is 105 Å². The van der Waals surface area contributed by atoms with Gasteiger partial charge >= 0.3 is 0 Å². The molecule has 3 aliphatic heterocycles. The van der Waals surface area contributed by atoms with Crippen LogP contribution in [0.2, 0.25) is 0 Å². The number of halogens is 2. The molecule has 0 radical (unpaired) electrons. The SMILES string of the molecule is C#CCOCCOCCOCCOCCN1CCN(CCCC(=O)N2CCc3c(nc(C)n3C(C)CC3CCC(C)N3CCC(NC(=O)C3CCC(F)(F)CC3)c3ccccc3)C2)CC1. The van der Waals surface area contributed by atoms with Crippen molar-refractivity contribution in [2.24, 2.45) is 5.92 Å². The summed E-state index contributed by atoms with van der Waals surface area (Å²) in [6, 6.07) is 11.0. The summed E-state index contributed by atoms with van der Waals surface area (Å²) in [6.07, 6.45) is 11.4. The number of piperazine rings is 1. The largest absolute Gasteiger partial charge is 0.378 e. The Bertz CT molecular complexity index is 1780. The molecule has 1 saturated carbocycles. The molecule has 6 rings (SSSR count). The first-order valence-electron chi connectivity index (χ1n) is 24.5. The molecule has 13 nitrogen and oxygen atoms in total. The number of hydrogen-bond acceptors (Lipinski definition) is 10. The zero-order chi connectivity index (χ0) is 46.0. The summed E-state index contributed by atoms with van der Waals surface area (Å²) in [5.74, 6) is 0.531. The van der Waals surface area contributed by atoms with Gasteiger partial charge in [0.25, 0.3) is 0 Å². The first-order valence-corrected chi connectivity index (χ1v) is 24.5. The zero-order valence-electron chi connectivity index (χ0n) is 39.5. The van der Waals surface area contributed by atoms with Crippen LogP contribution in [0, 0.1) is 25.2 Å². The minimum Gasteiger partial charge on any atom is -0.378 e. The molecule has 2 aromatic rings. The highest BCUT2D eigenvalue weighted by atomic mass is 19.3. The van der Waals surface area contributed by atoms with E-state index in [1.807, 2.05) is 23.1 Å². The molecule has 1 aliphatic carbocycles. The number of ether oxygens (including phenoxy) is 4. The number of hydrogen-bond donors (Lipinski definition) is 1. The van der Waals surface area contributed by atoms with Crippen molar-refractivity contribution in [3.63, 3.8) is 0 Å². The first-order chi connectivity index (χ1) is 31.5. The molecule has 15 heteroatoms. The number of benzene rings is 1. The molecule has 2 saturated heterocycles. The molecule has 4 aliphatic rings. The molecule has 4 heterocycles. The number of carbonyl (C=O) groups is 2.